The molecule has 0 N–H and O–H groups in total. The summed E-state index contributed by atoms with van der Waals surface area (Å²) in [5.74, 6) is 1.56. The minimum Gasteiger partial charge on any atom is -0.486 e. The lowest BCUT2D eigenvalue weighted by atomic mass is 10.0. The van der Waals surface area contributed by atoms with Crippen LogP contribution in [0.1, 0.15) is 30.1 Å². The molecule has 2 aliphatic heterocycles. The van der Waals surface area contributed by atoms with Crippen molar-refractivity contribution in [2.45, 2.75) is 18.9 Å². The molecular formula is C20H20N2O3. The Morgan fingerprint density at radius 1 is 1.16 bits per heavy atom. The van der Waals surface area contributed by atoms with Crippen LogP contribution in [0, 0.1) is 0 Å². The van der Waals surface area contributed by atoms with E-state index >= 15 is 0 Å². The molecule has 1 aromatic carbocycles. The highest BCUT2D eigenvalue weighted by Crippen LogP contribution is 2.42. The number of carbonyl (C=O) groups excluding carboxylic acids is 1. The lowest BCUT2D eigenvalue weighted by Crippen LogP contribution is -2.29. The maximum atomic E-state index is 12.7. The molecular weight excluding hydrogens is 316 g/mol. The molecule has 128 valence electrons. The smallest absolute Gasteiger partial charge is 0.247 e. The normalized spacial score (nSPS) is 19.4. The van der Waals surface area contributed by atoms with Crippen LogP contribution in [0.4, 0.5) is 0 Å². The second-order valence-corrected chi connectivity index (χ2v) is 6.15. The quantitative estimate of drug-likeness (QED) is 0.808. The van der Waals surface area contributed by atoms with E-state index in [9.17, 15) is 4.79 Å². The maximum absolute atomic E-state index is 12.7. The van der Waals surface area contributed by atoms with Gasteiger partial charge in [0.15, 0.2) is 11.5 Å². The largest absolute Gasteiger partial charge is 0.486 e. The zero-order valence-electron chi connectivity index (χ0n) is 13.9. The van der Waals surface area contributed by atoms with Crippen molar-refractivity contribution >= 4 is 12.0 Å². The van der Waals surface area contributed by atoms with Crippen molar-refractivity contribution in [2.75, 3.05) is 19.8 Å². The standard InChI is InChI=1S/C20H20N2O3/c23-19(10-9-15-5-1-2-11-21-15)22-12-4-7-17(22)16-6-3-8-18-20(16)25-14-13-24-18/h1-3,5-6,8-11,17H,4,7,12-14H2/b10-9+/t17-/m1/s1. The van der Waals surface area contributed by atoms with Crippen LogP contribution >= 0.6 is 0 Å². The second-order valence-electron chi connectivity index (χ2n) is 6.15. The number of pyridine rings is 1. The Morgan fingerprint density at radius 3 is 2.96 bits per heavy atom. The number of ether oxygens (including phenoxy) is 2. The number of aromatic nitrogens is 1. The van der Waals surface area contributed by atoms with Crippen molar-refractivity contribution in [3.05, 3.63) is 59.9 Å². The van der Waals surface area contributed by atoms with Crippen molar-refractivity contribution in [3.63, 3.8) is 0 Å². The van der Waals surface area contributed by atoms with Crippen LogP contribution in [0.15, 0.2) is 48.7 Å². The molecule has 0 bridgehead atoms. The highest BCUT2D eigenvalue weighted by molar-refractivity contribution is 5.92. The van der Waals surface area contributed by atoms with Gasteiger partial charge in [0.1, 0.15) is 13.2 Å². The number of amides is 1. The van der Waals surface area contributed by atoms with Crippen LogP contribution in [0.2, 0.25) is 0 Å². The summed E-state index contributed by atoms with van der Waals surface area (Å²) in [4.78, 5) is 18.8. The van der Waals surface area contributed by atoms with Crippen LogP contribution < -0.4 is 9.47 Å². The number of rotatable bonds is 3. The van der Waals surface area contributed by atoms with Crippen LogP contribution in [0.3, 0.4) is 0 Å². The molecule has 2 aromatic rings. The average Bonchev–Trinajstić information content (AvgIpc) is 3.16. The van der Waals surface area contributed by atoms with E-state index in [-0.39, 0.29) is 11.9 Å². The van der Waals surface area contributed by atoms with E-state index in [1.807, 2.05) is 41.3 Å². The Bertz CT molecular complexity index is 789. The fourth-order valence-electron chi connectivity index (χ4n) is 3.44. The molecule has 3 heterocycles. The van der Waals surface area contributed by atoms with Gasteiger partial charge in [-0.1, -0.05) is 18.2 Å². The summed E-state index contributed by atoms with van der Waals surface area (Å²) < 4.78 is 11.5. The SMILES string of the molecule is O=C(/C=C/c1ccccn1)N1CCC[C@@H]1c1cccc2c1OCCO2. The molecule has 2 aliphatic rings. The van der Waals surface area contributed by atoms with E-state index in [1.54, 1.807) is 18.3 Å². The lowest BCUT2D eigenvalue weighted by molar-refractivity contribution is -0.126. The Hall–Kier alpha value is -2.82. The summed E-state index contributed by atoms with van der Waals surface area (Å²) in [5, 5.41) is 0. The third kappa shape index (κ3) is 3.22. The van der Waals surface area contributed by atoms with Gasteiger partial charge in [-0.25, -0.2) is 0 Å². The van der Waals surface area contributed by atoms with E-state index < -0.39 is 0 Å². The summed E-state index contributed by atoms with van der Waals surface area (Å²) in [6.07, 6.45) is 7.00. The van der Waals surface area contributed by atoms with Gasteiger partial charge in [0.25, 0.3) is 0 Å². The van der Waals surface area contributed by atoms with Crippen molar-refractivity contribution in [1.29, 1.82) is 0 Å². The number of likely N-dealkylation sites (tertiary alicyclic amines) is 1. The molecule has 1 fully saturated rings. The topological polar surface area (TPSA) is 51.7 Å². The van der Waals surface area contributed by atoms with E-state index in [2.05, 4.69) is 4.98 Å². The van der Waals surface area contributed by atoms with Crippen molar-refractivity contribution in [1.82, 2.24) is 9.88 Å². The molecule has 5 nitrogen and oxygen atoms in total. The number of hydrogen-bond acceptors (Lipinski definition) is 4. The number of hydrogen-bond donors (Lipinski definition) is 0. The fourth-order valence-corrected chi connectivity index (χ4v) is 3.44. The van der Waals surface area contributed by atoms with Gasteiger partial charge in [-0.15, -0.1) is 0 Å². The molecule has 0 spiro atoms. The molecule has 1 saturated heterocycles. The average molecular weight is 336 g/mol. The number of benzene rings is 1. The first kappa shape index (κ1) is 15.7. The Balaban J connectivity index is 1.57. The number of fused-ring (bicyclic) bond motifs is 1. The predicted molar refractivity (Wildman–Crippen MR) is 94.4 cm³/mol. The number of nitrogens with zero attached hydrogens (tertiary/aromatic N) is 2. The summed E-state index contributed by atoms with van der Waals surface area (Å²) in [6, 6.07) is 11.6. The summed E-state index contributed by atoms with van der Waals surface area (Å²) in [5.41, 5.74) is 1.81. The van der Waals surface area contributed by atoms with Gasteiger partial charge in [0.05, 0.1) is 11.7 Å². The van der Waals surface area contributed by atoms with Gasteiger partial charge in [0.2, 0.25) is 5.91 Å². The zero-order valence-corrected chi connectivity index (χ0v) is 13.9. The van der Waals surface area contributed by atoms with Gasteiger partial charge >= 0.3 is 0 Å². The Labute approximate surface area is 146 Å². The molecule has 4 rings (SSSR count). The van der Waals surface area contributed by atoms with Crippen molar-refractivity contribution < 1.29 is 14.3 Å². The van der Waals surface area contributed by atoms with E-state index in [1.165, 1.54) is 0 Å². The van der Waals surface area contributed by atoms with Gasteiger partial charge < -0.3 is 14.4 Å². The van der Waals surface area contributed by atoms with Gasteiger partial charge in [-0.3, -0.25) is 9.78 Å². The number of carbonyl (C=O) groups is 1. The molecule has 0 aliphatic carbocycles. The summed E-state index contributed by atoms with van der Waals surface area (Å²) >= 11 is 0. The molecule has 25 heavy (non-hydrogen) atoms. The van der Waals surface area contributed by atoms with Crippen molar-refractivity contribution in [2.24, 2.45) is 0 Å². The molecule has 1 amide bonds. The minimum atomic E-state index is 0.00230. The van der Waals surface area contributed by atoms with Crippen LogP contribution in [-0.4, -0.2) is 35.5 Å². The van der Waals surface area contributed by atoms with E-state index in [0.29, 0.717) is 13.2 Å². The highest BCUT2D eigenvalue weighted by atomic mass is 16.6. The minimum absolute atomic E-state index is 0.00230. The fraction of sp³-hybridized carbons (Fsp3) is 0.300. The first-order valence-corrected chi connectivity index (χ1v) is 8.61. The molecule has 0 radical (unpaired) electrons. The predicted octanol–water partition coefficient (Wildman–Crippen LogP) is 3.23. The summed E-state index contributed by atoms with van der Waals surface area (Å²) in [7, 11) is 0. The van der Waals surface area contributed by atoms with Gasteiger partial charge in [-0.05, 0) is 37.1 Å². The molecule has 5 heteroatoms. The maximum Gasteiger partial charge on any atom is 0.247 e. The Kier molecular flexibility index (Phi) is 4.37. The van der Waals surface area contributed by atoms with Gasteiger partial charge in [0, 0.05) is 24.4 Å². The van der Waals surface area contributed by atoms with E-state index in [4.69, 9.17) is 9.47 Å². The van der Waals surface area contributed by atoms with E-state index in [0.717, 1.165) is 42.1 Å². The second kappa shape index (κ2) is 6.97. The third-order valence-corrected chi connectivity index (χ3v) is 4.58. The first-order valence-electron chi connectivity index (χ1n) is 8.61. The van der Waals surface area contributed by atoms with Gasteiger partial charge in [-0.2, -0.15) is 0 Å². The van der Waals surface area contributed by atoms with Crippen LogP contribution in [-0.2, 0) is 4.79 Å². The van der Waals surface area contributed by atoms with Crippen LogP contribution in [0.5, 0.6) is 11.5 Å². The number of para-hydroxylation sites is 1. The molecule has 1 aromatic heterocycles. The first-order chi connectivity index (χ1) is 12.3. The monoisotopic (exact) mass is 336 g/mol. The molecule has 0 saturated carbocycles. The molecule has 0 unspecified atom stereocenters. The van der Waals surface area contributed by atoms with Crippen LogP contribution in [0.25, 0.3) is 6.08 Å². The third-order valence-electron chi connectivity index (χ3n) is 4.58. The zero-order chi connectivity index (χ0) is 17.1. The molecule has 1 atom stereocenters. The Morgan fingerprint density at radius 2 is 2.08 bits per heavy atom. The van der Waals surface area contributed by atoms with Crippen molar-refractivity contribution in [3.8, 4) is 11.5 Å². The lowest BCUT2D eigenvalue weighted by Gasteiger charge is -2.28. The summed E-state index contributed by atoms with van der Waals surface area (Å²) in [6.45, 7) is 1.86. The highest BCUT2D eigenvalue weighted by Gasteiger charge is 2.32.